The van der Waals surface area contributed by atoms with Gasteiger partial charge in [-0.05, 0) is 26.7 Å². The average Bonchev–Trinajstić information content (AvgIpc) is 1.88. The summed E-state index contributed by atoms with van der Waals surface area (Å²) in [4.78, 5) is 9.44. The molecule has 0 N–H and O–H groups in total. The van der Waals surface area contributed by atoms with Crippen molar-refractivity contribution >= 4 is 5.78 Å². The zero-order valence-electron chi connectivity index (χ0n) is 8.14. The van der Waals surface area contributed by atoms with Gasteiger partial charge in [0.2, 0.25) is 0 Å². The molecule has 0 saturated carbocycles. The zero-order valence-corrected chi connectivity index (χ0v) is 8.14. The Morgan fingerprint density at radius 3 is 1.55 bits per heavy atom. The van der Waals surface area contributed by atoms with Gasteiger partial charge in [0.1, 0.15) is 5.78 Å². The van der Waals surface area contributed by atoms with Crippen molar-refractivity contribution < 1.29 is 9.53 Å². The van der Waals surface area contributed by atoms with E-state index in [1.807, 2.05) is 0 Å². The molecule has 0 aliphatic rings. The zero-order chi connectivity index (χ0) is 9.11. The van der Waals surface area contributed by atoms with Crippen molar-refractivity contribution in [1.82, 2.24) is 0 Å². The molecule has 0 aromatic carbocycles. The van der Waals surface area contributed by atoms with E-state index in [2.05, 4.69) is 13.8 Å². The molecule has 11 heavy (non-hydrogen) atoms. The van der Waals surface area contributed by atoms with Gasteiger partial charge in [0.05, 0.1) is 0 Å². The number of ketones is 1. The number of carbonyl (C=O) groups is 1. The van der Waals surface area contributed by atoms with E-state index in [1.54, 1.807) is 0 Å². The summed E-state index contributed by atoms with van der Waals surface area (Å²) in [7, 11) is 0. The van der Waals surface area contributed by atoms with Crippen LogP contribution in [0.2, 0.25) is 0 Å². The van der Waals surface area contributed by atoms with Crippen molar-refractivity contribution in [3.05, 3.63) is 0 Å². The maximum absolute atomic E-state index is 9.44. The van der Waals surface area contributed by atoms with Crippen LogP contribution in [0, 0.1) is 0 Å². The van der Waals surface area contributed by atoms with E-state index >= 15 is 0 Å². The molecule has 0 aliphatic heterocycles. The molecule has 0 atom stereocenters. The highest BCUT2D eigenvalue weighted by Gasteiger charge is 1.77. The Morgan fingerprint density at radius 1 is 1.09 bits per heavy atom. The second kappa shape index (κ2) is 12.3. The summed E-state index contributed by atoms with van der Waals surface area (Å²) in [6.07, 6.45) is 2.28. The van der Waals surface area contributed by atoms with E-state index in [0.29, 0.717) is 0 Å². The highest BCUT2D eigenvalue weighted by Crippen LogP contribution is 1.81. The fraction of sp³-hybridized carbons (Fsp3) is 0.889. The van der Waals surface area contributed by atoms with E-state index in [9.17, 15) is 4.79 Å². The molecular formula is C9H20O2. The molecule has 0 fully saturated rings. The number of hydrogen-bond donors (Lipinski definition) is 0. The maximum atomic E-state index is 9.44. The summed E-state index contributed by atoms with van der Waals surface area (Å²) in [5, 5.41) is 0. The Balaban J connectivity index is 0. The molecule has 0 aliphatic carbocycles. The van der Waals surface area contributed by atoms with Gasteiger partial charge in [0, 0.05) is 13.2 Å². The molecule has 0 aromatic rings. The first kappa shape index (κ1) is 13.2. The SMILES string of the molecule is CC(C)=O.CCCOCCC. The number of hydrogen-bond acceptors (Lipinski definition) is 2. The van der Waals surface area contributed by atoms with Gasteiger partial charge >= 0.3 is 0 Å². The van der Waals surface area contributed by atoms with Crippen LogP contribution in [0.15, 0.2) is 0 Å². The normalized spacial score (nSPS) is 8.36. The first-order valence-electron chi connectivity index (χ1n) is 4.20. The van der Waals surface area contributed by atoms with Gasteiger partial charge in [-0.25, -0.2) is 0 Å². The van der Waals surface area contributed by atoms with Crippen LogP contribution in [0.4, 0.5) is 0 Å². The van der Waals surface area contributed by atoms with Crippen molar-refractivity contribution in [1.29, 1.82) is 0 Å². The summed E-state index contributed by atoms with van der Waals surface area (Å²) < 4.78 is 5.13. The predicted octanol–water partition coefficient (Wildman–Crippen LogP) is 2.42. The summed E-state index contributed by atoms with van der Waals surface area (Å²) >= 11 is 0. The van der Waals surface area contributed by atoms with Gasteiger partial charge in [-0.1, -0.05) is 13.8 Å². The van der Waals surface area contributed by atoms with Gasteiger partial charge < -0.3 is 9.53 Å². The summed E-state index contributed by atoms with van der Waals surface area (Å²) in [5.41, 5.74) is 0. The molecule has 0 heterocycles. The van der Waals surface area contributed by atoms with Crippen molar-refractivity contribution in [2.45, 2.75) is 40.5 Å². The lowest BCUT2D eigenvalue weighted by Gasteiger charge is -1.95. The fourth-order valence-corrected chi connectivity index (χ4v) is 0.391. The predicted molar refractivity (Wildman–Crippen MR) is 47.8 cm³/mol. The molecule has 68 valence electrons. The van der Waals surface area contributed by atoms with E-state index in [0.717, 1.165) is 26.1 Å². The van der Waals surface area contributed by atoms with E-state index < -0.39 is 0 Å². The minimum absolute atomic E-state index is 0.167. The number of carbonyl (C=O) groups excluding carboxylic acids is 1. The Labute approximate surface area is 69.9 Å². The van der Waals surface area contributed by atoms with Crippen LogP contribution < -0.4 is 0 Å². The first-order chi connectivity index (χ1) is 5.15. The molecule has 2 nitrogen and oxygen atoms in total. The third kappa shape index (κ3) is 42.5. The van der Waals surface area contributed by atoms with Crippen LogP contribution in [0.3, 0.4) is 0 Å². The average molecular weight is 160 g/mol. The first-order valence-corrected chi connectivity index (χ1v) is 4.20. The molecular weight excluding hydrogens is 140 g/mol. The van der Waals surface area contributed by atoms with Gasteiger partial charge in [0.25, 0.3) is 0 Å². The van der Waals surface area contributed by atoms with E-state index in [-0.39, 0.29) is 5.78 Å². The standard InChI is InChI=1S/C6H14O.C3H6O/c1-3-5-7-6-4-2;1-3(2)4/h3-6H2,1-2H3;1-2H3. The van der Waals surface area contributed by atoms with Gasteiger partial charge in [-0.15, -0.1) is 0 Å². The minimum atomic E-state index is 0.167. The largest absolute Gasteiger partial charge is 0.381 e. The second-order valence-electron chi connectivity index (χ2n) is 2.52. The van der Waals surface area contributed by atoms with Crippen molar-refractivity contribution in [2.24, 2.45) is 0 Å². The van der Waals surface area contributed by atoms with Crippen LogP contribution in [-0.4, -0.2) is 19.0 Å². The lowest BCUT2D eigenvalue weighted by Crippen LogP contribution is -1.92. The third-order valence-corrected chi connectivity index (χ3v) is 0.697. The van der Waals surface area contributed by atoms with Crippen molar-refractivity contribution in [3.8, 4) is 0 Å². The monoisotopic (exact) mass is 160 g/mol. The number of Topliss-reactive ketones (excluding diaryl/α,β-unsaturated/α-hetero) is 1. The molecule has 0 spiro atoms. The van der Waals surface area contributed by atoms with Crippen molar-refractivity contribution in [2.75, 3.05) is 13.2 Å². The second-order valence-corrected chi connectivity index (χ2v) is 2.52. The molecule has 0 saturated heterocycles. The van der Waals surface area contributed by atoms with Gasteiger partial charge in [0.15, 0.2) is 0 Å². The van der Waals surface area contributed by atoms with Crippen LogP contribution in [-0.2, 0) is 9.53 Å². The number of rotatable bonds is 4. The van der Waals surface area contributed by atoms with Crippen LogP contribution in [0.25, 0.3) is 0 Å². The molecule has 0 unspecified atom stereocenters. The molecule has 0 radical (unpaired) electrons. The Kier molecular flexibility index (Phi) is 14.8. The van der Waals surface area contributed by atoms with E-state index in [1.165, 1.54) is 13.8 Å². The summed E-state index contributed by atoms with van der Waals surface area (Å²) in [6.45, 7) is 9.15. The molecule has 0 bridgehead atoms. The lowest BCUT2D eigenvalue weighted by molar-refractivity contribution is -0.114. The van der Waals surface area contributed by atoms with Crippen LogP contribution in [0.5, 0.6) is 0 Å². The van der Waals surface area contributed by atoms with Gasteiger partial charge in [-0.3, -0.25) is 0 Å². The smallest absolute Gasteiger partial charge is 0.126 e. The highest BCUT2D eigenvalue weighted by molar-refractivity contribution is 5.72. The molecule has 0 amide bonds. The van der Waals surface area contributed by atoms with Crippen LogP contribution >= 0.6 is 0 Å². The Morgan fingerprint density at radius 2 is 1.36 bits per heavy atom. The maximum Gasteiger partial charge on any atom is 0.126 e. The van der Waals surface area contributed by atoms with Gasteiger partial charge in [-0.2, -0.15) is 0 Å². The summed E-state index contributed by atoms with van der Waals surface area (Å²) in [6, 6.07) is 0. The topological polar surface area (TPSA) is 26.3 Å². The fourth-order valence-electron chi connectivity index (χ4n) is 0.391. The number of ether oxygens (including phenoxy) is 1. The van der Waals surface area contributed by atoms with Crippen molar-refractivity contribution in [3.63, 3.8) is 0 Å². The molecule has 0 aromatic heterocycles. The Hall–Kier alpha value is -0.370. The minimum Gasteiger partial charge on any atom is -0.381 e. The highest BCUT2D eigenvalue weighted by atomic mass is 16.5. The Bertz CT molecular complexity index is 71.6. The van der Waals surface area contributed by atoms with Crippen LogP contribution in [0.1, 0.15) is 40.5 Å². The molecule has 2 heteroatoms. The third-order valence-electron chi connectivity index (χ3n) is 0.697. The quantitative estimate of drug-likeness (QED) is 0.590. The summed E-state index contributed by atoms with van der Waals surface area (Å²) in [5.74, 6) is 0.167. The lowest BCUT2D eigenvalue weighted by atomic mass is 10.5. The van der Waals surface area contributed by atoms with E-state index in [4.69, 9.17) is 4.74 Å². The molecule has 0 rings (SSSR count).